The molecule has 88 valence electrons. The second-order valence-corrected chi connectivity index (χ2v) is 6.00. The first-order valence-electron chi connectivity index (χ1n) is 5.62. The van der Waals surface area contributed by atoms with Gasteiger partial charge in [-0.3, -0.25) is 0 Å². The van der Waals surface area contributed by atoms with Crippen molar-refractivity contribution >= 4 is 21.6 Å². The number of aliphatic hydroxyl groups excluding tert-OH is 1. The number of hydrogen-bond donors (Lipinski definition) is 2. The maximum atomic E-state index is 9.70. The van der Waals surface area contributed by atoms with Gasteiger partial charge in [0.1, 0.15) is 0 Å². The van der Waals surface area contributed by atoms with Gasteiger partial charge in [-0.05, 0) is 40.9 Å². The van der Waals surface area contributed by atoms with Crippen LogP contribution in [0.15, 0.2) is 22.7 Å². The topological polar surface area (TPSA) is 32.3 Å². The lowest BCUT2D eigenvalue weighted by Crippen LogP contribution is -2.56. The smallest absolute Gasteiger partial charge is 0.0630 e. The molecule has 2 N–H and O–H groups in total. The molecule has 0 amide bonds. The van der Waals surface area contributed by atoms with Gasteiger partial charge in [-0.1, -0.05) is 26.0 Å². The Labute approximate surface area is 105 Å². The molecule has 0 bridgehead atoms. The average molecular weight is 284 g/mol. The van der Waals surface area contributed by atoms with E-state index in [0.29, 0.717) is 6.04 Å². The zero-order valence-electron chi connectivity index (χ0n) is 9.92. The van der Waals surface area contributed by atoms with Crippen molar-refractivity contribution in [3.8, 4) is 0 Å². The first kappa shape index (κ1) is 11.9. The van der Waals surface area contributed by atoms with Crippen LogP contribution in [0.1, 0.15) is 25.8 Å². The van der Waals surface area contributed by atoms with Crippen molar-refractivity contribution in [2.45, 2.75) is 39.3 Å². The quantitative estimate of drug-likeness (QED) is 0.873. The normalized spacial score (nSPS) is 27.3. The van der Waals surface area contributed by atoms with Crippen LogP contribution in [-0.2, 0) is 0 Å². The summed E-state index contributed by atoms with van der Waals surface area (Å²) in [4.78, 5) is 0. The third-order valence-electron chi connectivity index (χ3n) is 3.74. The maximum Gasteiger partial charge on any atom is 0.0630 e. The number of halogens is 1. The highest BCUT2D eigenvalue weighted by atomic mass is 79.9. The SMILES string of the molecule is Cc1cccc(NC2CC(O)C2(C)C)c1Br. The van der Waals surface area contributed by atoms with Crippen LogP contribution >= 0.6 is 15.9 Å². The van der Waals surface area contributed by atoms with Crippen LogP contribution in [0, 0.1) is 12.3 Å². The summed E-state index contributed by atoms with van der Waals surface area (Å²) in [5.41, 5.74) is 2.30. The van der Waals surface area contributed by atoms with Crippen molar-refractivity contribution in [1.82, 2.24) is 0 Å². The predicted octanol–water partition coefficient (Wildman–Crippen LogP) is 3.33. The van der Waals surface area contributed by atoms with Gasteiger partial charge in [-0.15, -0.1) is 0 Å². The minimum atomic E-state index is -0.186. The largest absolute Gasteiger partial charge is 0.392 e. The van der Waals surface area contributed by atoms with Crippen molar-refractivity contribution in [1.29, 1.82) is 0 Å². The van der Waals surface area contributed by atoms with E-state index in [2.05, 4.69) is 54.2 Å². The monoisotopic (exact) mass is 283 g/mol. The average Bonchev–Trinajstić information content (AvgIpc) is 2.24. The van der Waals surface area contributed by atoms with Gasteiger partial charge in [0, 0.05) is 21.6 Å². The van der Waals surface area contributed by atoms with Gasteiger partial charge in [-0.25, -0.2) is 0 Å². The van der Waals surface area contributed by atoms with E-state index in [1.54, 1.807) is 0 Å². The van der Waals surface area contributed by atoms with Crippen molar-refractivity contribution < 1.29 is 5.11 Å². The summed E-state index contributed by atoms with van der Waals surface area (Å²) in [6.07, 6.45) is 0.640. The lowest BCUT2D eigenvalue weighted by atomic mass is 9.64. The Morgan fingerprint density at radius 2 is 2.12 bits per heavy atom. The van der Waals surface area contributed by atoms with Crippen LogP contribution in [0.5, 0.6) is 0 Å². The minimum absolute atomic E-state index is 0.0385. The Kier molecular flexibility index (Phi) is 3.01. The van der Waals surface area contributed by atoms with Crippen molar-refractivity contribution in [2.75, 3.05) is 5.32 Å². The van der Waals surface area contributed by atoms with Crippen LogP contribution in [0.2, 0.25) is 0 Å². The Balaban J connectivity index is 2.14. The van der Waals surface area contributed by atoms with Crippen LogP contribution in [0.25, 0.3) is 0 Å². The third-order valence-corrected chi connectivity index (χ3v) is 4.79. The lowest BCUT2D eigenvalue weighted by Gasteiger charge is -2.50. The van der Waals surface area contributed by atoms with Crippen LogP contribution in [0.3, 0.4) is 0 Å². The van der Waals surface area contributed by atoms with E-state index in [0.717, 1.165) is 16.6 Å². The molecular formula is C13H18BrNO. The van der Waals surface area contributed by atoms with Crippen LogP contribution in [-0.4, -0.2) is 17.3 Å². The van der Waals surface area contributed by atoms with Gasteiger partial charge in [0.15, 0.2) is 0 Å². The molecule has 0 spiro atoms. The lowest BCUT2D eigenvalue weighted by molar-refractivity contribution is -0.0510. The molecule has 0 aliphatic heterocycles. The highest BCUT2D eigenvalue weighted by Crippen LogP contribution is 2.43. The molecule has 0 radical (unpaired) electrons. The Morgan fingerprint density at radius 3 is 2.69 bits per heavy atom. The van der Waals surface area contributed by atoms with E-state index in [1.807, 2.05) is 6.07 Å². The molecule has 16 heavy (non-hydrogen) atoms. The molecule has 1 aliphatic rings. The molecule has 2 nitrogen and oxygen atoms in total. The fraction of sp³-hybridized carbons (Fsp3) is 0.538. The maximum absolute atomic E-state index is 9.70. The summed E-state index contributed by atoms with van der Waals surface area (Å²) in [5, 5.41) is 13.2. The summed E-state index contributed by atoms with van der Waals surface area (Å²) >= 11 is 3.59. The number of benzene rings is 1. The minimum Gasteiger partial charge on any atom is -0.392 e. The molecule has 1 aromatic carbocycles. The van der Waals surface area contributed by atoms with Gasteiger partial charge < -0.3 is 10.4 Å². The molecule has 0 saturated heterocycles. The first-order valence-corrected chi connectivity index (χ1v) is 6.42. The molecule has 0 heterocycles. The molecule has 1 aliphatic carbocycles. The van der Waals surface area contributed by atoms with E-state index in [1.165, 1.54) is 5.56 Å². The molecule has 2 unspecified atom stereocenters. The van der Waals surface area contributed by atoms with Crippen molar-refractivity contribution in [2.24, 2.45) is 5.41 Å². The fourth-order valence-corrected chi connectivity index (χ4v) is 2.47. The van der Waals surface area contributed by atoms with E-state index >= 15 is 0 Å². The highest BCUT2D eigenvalue weighted by molar-refractivity contribution is 9.10. The highest BCUT2D eigenvalue weighted by Gasteiger charge is 2.47. The van der Waals surface area contributed by atoms with E-state index in [-0.39, 0.29) is 11.5 Å². The standard InChI is InChI=1S/C13H18BrNO/c1-8-5-4-6-9(12(8)14)15-10-7-11(16)13(10,2)3/h4-6,10-11,15-16H,7H2,1-3H3. The molecular weight excluding hydrogens is 266 g/mol. The number of aryl methyl sites for hydroxylation is 1. The zero-order chi connectivity index (χ0) is 11.9. The molecule has 2 atom stereocenters. The van der Waals surface area contributed by atoms with E-state index < -0.39 is 0 Å². The number of hydrogen-bond acceptors (Lipinski definition) is 2. The van der Waals surface area contributed by atoms with Crippen molar-refractivity contribution in [3.05, 3.63) is 28.2 Å². The Hall–Kier alpha value is -0.540. The second-order valence-electron chi connectivity index (χ2n) is 5.21. The predicted molar refractivity (Wildman–Crippen MR) is 70.7 cm³/mol. The van der Waals surface area contributed by atoms with Gasteiger partial charge >= 0.3 is 0 Å². The number of nitrogens with one attached hydrogen (secondary N) is 1. The Morgan fingerprint density at radius 1 is 1.44 bits per heavy atom. The van der Waals surface area contributed by atoms with Gasteiger partial charge in [-0.2, -0.15) is 0 Å². The fourth-order valence-electron chi connectivity index (χ4n) is 2.09. The van der Waals surface area contributed by atoms with Gasteiger partial charge in [0.2, 0.25) is 0 Å². The number of anilines is 1. The zero-order valence-corrected chi connectivity index (χ0v) is 11.5. The van der Waals surface area contributed by atoms with Crippen LogP contribution < -0.4 is 5.32 Å². The second kappa shape index (κ2) is 4.04. The summed E-state index contributed by atoms with van der Waals surface area (Å²) in [5.74, 6) is 0. The van der Waals surface area contributed by atoms with E-state index in [4.69, 9.17) is 0 Å². The molecule has 1 saturated carbocycles. The molecule has 1 aromatic rings. The third kappa shape index (κ3) is 1.87. The van der Waals surface area contributed by atoms with E-state index in [9.17, 15) is 5.11 Å². The van der Waals surface area contributed by atoms with Crippen molar-refractivity contribution in [3.63, 3.8) is 0 Å². The first-order chi connectivity index (χ1) is 7.43. The summed E-state index contributed by atoms with van der Waals surface area (Å²) in [6, 6.07) is 6.54. The van der Waals surface area contributed by atoms with Gasteiger partial charge in [0.25, 0.3) is 0 Å². The molecule has 2 rings (SSSR count). The Bertz CT molecular complexity index is 403. The summed E-state index contributed by atoms with van der Waals surface area (Å²) in [6.45, 7) is 6.28. The summed E-state index contributed by atoms with van der Waals surface area (Å²) < 4.78 is 1.12. The summed E-state index contributed by atoms with van der Waals surface area (Å²) in [7, 11) is 0. The number of aliphatic hydroxyl groups is 1. The van der Waals surface area contributed by atoms with Gasteiger partial charge in [0.05, 0.1) is 6.10 Å². The number of rotatable bonds is 2. The van der Waals surface area contributed by atoms with Crippen LogP contribution in [0.4, 0.5) is 5.69 Å². The molecule has 0 aromatic heterocycles. The molecule has 3 heteroatoms. The molecule has 1 fully saturated rings.